The predicted molar refractivity (Wildman–Crippen MR) is 159 cm³/mol. The third-order valence-corrected chi connectivity index (χ3v) is 11.1. The van der Waals surface area contributed by atoms with Crippen molar-refractivity contribution in [2.75, 3.05) is 38.6 Å². The molecule has 2 heterocycles. The van der Waals surface area contributed by atoms with Crippen LogP contribution in [-0.4, -0.2) is 74.8 Å². The molecule has 4 aliphatic rings. The van der Waals surface area contributed by atoms with E-state index in [1.807, 2.05) is 0 Å². The Bertz CT molecular complexity index is 1420. The maximum absolute atomic E-state index is 14.9. The van der Waals surface area contributed by atoms with Crippen LogP contribution in [0.1, 0.15) is 57.8 Å². The third kappa shape index (κ3) is 5.53. The topological polar surface area (TPSA) is 85.3 Å². The van der Waals surface area contributed by atoms with Crippen LogP contribution in [0.5, 0.6) is 0 Å². The molecule has 2 aliphatic heterocycles. The number of carbonyl (C=O) groups is 1. The van der Waals surface area contributed by atoms with E-state index >= 15 is 0 Å². The summed E-state index contributed by atoms with van der Waals surface area (Å²) in [5.41, 5.74) is 1.17. The van der Waals surface area contributed by atoms with Crippen LogP contribution in [0.15, 0.2) is 52.4 Å². The second kappa shape index (κ2) is 11.1. The molecule has 1 N–H and O–H groups in total. The first-order valence-corrected chi connectivity index (χ1v) is 16.4. The van der Waals surface area contributed by atoms with Gasteiger partial charge in [0, 0.05) is 45.3 Å². The van der Waals surface area contributed by atoms with E-state index in [1.54, 1.807) is 35.2 Å². The van der Waals surface area contributed by atoms with Gasteiger partial charge in [-0.05, 0) is 80.3 Å². The molecule has 0 aromatic heterocycles. The maximum atomic E-state index is 14.9. The number of hydrogen-bond acceptors (Lipinski definition) is 5. The number of amides is 2. The van der Waals surface area contributed by atoms with Gasteiger partial charge in [-0.1, -0.05) is 31.4 Å². The van der Waals surface area contributed by atoms with Crippen LogP contribution >= 0.6 is 0 Å². The van der Waals surface area contributed by atoms with Gasteiger partial charge in [0.05, 0.1) is 10.6 Å². The van der Waals surface area contributed by atoms with Gasteiger partial charge in [-0.2, -0.15) is 4.99 Å². The van der Waals surface area contributed by atoms with Crippen molar-refractivity contribution in [3.63, 3.8) is 0 Å². The molecule has 3 fully saturated rings. The van der Waals surface area contributed by atoms with Gasteiger partial charge in [-0.25, -0.2) is 21.9 Å². The van der Waals surface area contributed by atoms with E-state index in [-0.39, 0.29) is 17.0 Å². The maximum Gasteiger partial charge on any atom is 0.350 e. The largest absolute Gasteiger partial charge is 0.369 e. The van der Waals surface area contributed by atoms with E-state index in [2.05, 4.69) is 15.2 Å². The number of likely N-dealkylation sites (tertiary alicyclic amines) is 1. The molecule has 0 radical (unpaired) electrons. The van der Waals surface area contributed by atoms with Crippen LogP contribution in [0, 0.1) is 11.7 Å². The fourth-order valence-electron chi connectivity index (χ4n) is 6.66. The van der Waals surface area contributed by atoms with E-state index < -0.39 is 21.4 Å². The Balaban J connectivity index is 1.37. The van der Waals surface area contributed by atoms with Gasteiger partial charge >= 0.3 is 6.03 Å². The van der Waals surface area contributed by atoms with Gasteiger partial charge in [0.25, 0.3) is 0 Å². The number of halogens is 1. The molecule has 10 heteroatoms. The zero-order valence-corrected chi connectivity index (χ0v) is 24.8. The summed E-state index contributed by atoms with van der Waals surface area (Å²) in [5.74, 6) is 1.08. The Morgan fingerprint density at radius 3 is 2.32 bits per heavy atom. The zero-order chi connectivity index (χ0) is 28.8. The number of urea groups is 1. The molecule has 6 rings (SSSR count). The van der Waals surface area contributed by atoms with Gasteiger partial charge in [0.2, 0.25) is 10.0 Å². The Morgan fingerprint density at radius 1 is 1.00 bits per heavy atom. The second-order valence-electron chi connectivity index (χ2n) is 12.3. The summed E-state index contributed by atoms with van der Waals surface area (Å²) in [4.78, 5) is 22.8. The number of benzene rings is 2. The van der Waals surface area contributed by atoms with Crippen molar-refractivity contribution in [1.82, 2.24) is 14.5 Å². The summed E-state index contributed by atoms with van der Waals surface area (Å²) < 4.78 is 41.4. The SMILES string of the molecule is CN(C)S(=O)(=O)c1ccc(-c2ccc(F)cc2N2C(=O)N=C(NC3CCCCC3)C23CCN(CC2CC2)CC3)cc1. The van der Waals surface area contributed by atoms with Gasteiger partial charge in [0.1, 0.15) is 17.2 Å². The molecule has 41 heavy (non-hydrogen) atoms. The lowest BCUT2D eigenvalue weighted by Crippen LogP contribution is -2.62. The van der Waals surface area contributed by atoms with E-state index in [0.29, 0.717) is 16.8 Å². The number of nitrogens with zero attached hydrogens (tertiary/aromatic N) is 4. The number of aliphatic imine (C=N–C) groups is 1. The molecule has 2 aromatic carbocycles. The highest BCUT2D eigenvalue weighted by Gasteiger charge is 2.53. The number of piperidine rings is 1. The Hall–Kier alpha value is -2.82. The monoisotopic (exact) mass is 581 g/mol. The van der Waals surface area contributed by atoms with Crippen LogP contribution in [-0.2, 0) is 10.0 Å². The number of rotatable bonds is 7. The fourth-order valence-corrected chi connectivity index (χ4v) is 7.56. The molecule has 2 aromatic rings. The second-order valence-corrected chi connectivity index (χ2v) is 14.5. The highest BCUT2D eigenvalue weighted by Crippen LogP contribution is 2.44. The summed E-state index contributed by atoms with van der Waals surface area (Å²) in [6.45, 7) is 2.81. The van der Waals surface area contributed by atoms with Crippen LogP contribution in [0.3, 0.4) is 0 Å². The molecular weight excluding hydrogens is 541 g/mol. The molecule has 0 bridgehead atoms. The Labute approximate surface area is 242 Å². The minimum absolute atomic E-state index is 0.175. The zero-order valence-electron chi connectivity index (χ0n) is 24.0. The van der Waals surface area contributed by atoms with Crippen molar-refractivity contribution < 1.29 is 17.6 Å². The molecular formula is C31H40FN5O3S. The van der Waals surface area contributed by atoms with Crippen LogP contribution in [0.2, 0.25) is 0 Å². The van der Waals surface area contributed by atoms with E-state index in [9.17, 15) is 17.6 Å². The number of carbonyl (C=O) groups excluding carboxylic acids is 1. The van der Waals surface area contributed by atoms with Gasteiger partial charge in [0.15, 0.2) is 0 Å². The standard InChI is InChI=1S/C31H40FN5O3S/c1-35(2)41(39,40)26-13-10-23(11-14-26)27-15-12-24(32)20-28(27)37-30(38)34-29(33-25-6-4-3-5-7-25)31(37)16-18-36(19-17-31)21-22-8-9-22/h10-15,20,22,25H,3-9,16-19,21H2,1-2H3,(H,33,34,38). The number of nitrogens with one attached hydrogen (secondary N) is 1. The highest BCUT2D eigenvalue weighted by molar-refractivity contribution is 7.89. The molecule has 1 saturated heterocycles. The molecule has 1 spiro atoms. The minimum Gasteiger partial charge on any atom is -0.369 e. The number of hydrogen-bond donors (Lipinski definition) is 1. The fraction of sp³-hybridized carbons (Fsp3) is 0.548. The van der Waals surface area contributed by atoms with Crippen LogP contribution in [0.25, 0.3) is 11.1 Å². The summed E-state index contributed by atoms with van der Waals surface area (Å²) >= 11 is 0. The molecule has 220 valence electrons. The molecule has 2 saturated carbocycles. The molecule has 8 nitrogen and oxygen atoms in total. The smallest absolute Gasteiger partial charge is 0.350 e. The molecule has 0 atom stereocenters. The normalized spacial score (nSPS) is 22.0. The number of anilines is 1. The van der Waals surface area contributed by atoms with Gasteiger partial charge in [-0.3, -0.25) is 4.90 Å². The lowest BCUT2D eigenvalue weighted by molar-refractivity contribution is 0.182. The number of amidine groups is 1. The summed E-state index contributed by atoms with van der Waals surface area (Å²) in [7, 11) is -0.604. The van der Waals surface area contributed by atoms with Crippen molar-refractivity contribution in [1.29, 1.82) is 0 Å². The lowest BCUT2D eigenvalue weighted by Gasteiger charge is -2.46. The quantitative estimate of drug-likeness (QED) is 0.483. The van der Waals surface area contributed by atoms with Crippen molar-refractivity contribution in [2.45, 2.75) is 74.3 Å². The summed E-state index contributed by atoms with van der Waals surface area (Å²) in [5, 5.41) is 3.69. The van der Waals surface area contributed by atoms with Crippen LogP contribution < -0.4 is 10.2 Å². The first-order chi connectivity index (χ1) is 19.7. The Morgan fingerprint density at radius 2 is 1.68 bits per heavy atom. The van der Waals surface area contributed by atoms with E-state index in [4.69, 9.17) is 0 Å². The molecule has 2 amide bonds. The summed E-state index contributed by atoms with van der Waals surface area (Å²) in [6.07, 6.45) is 9.72. The van der Waals surface area contributed by atoms with Crippen molar-refractivity contribution >= 4 is 27.6 Å². The average molecular weight is 582 g/mol. The predicted octanol–water partition coefficient (Wildman–Crippen LogP) is 5.25. The molecule has 0 unspecified atom stereocenters. The van der Waals surface area contributed by atoms with Crippen molar-refractivity contribution in [2.24, 2.45) is 10.9 Å². The number of sulfonamides is 1. The van der Waals surface area contributed by atoms with E-state index in [0.717, 1.165) is 57.1 Å². The summed E-state index contributed by atoms with van der Waals surface area (Å²) in [6, 6.07) is 11.0. The van der Waals surface area contributed by atoms with E-state index in [1.165, 1.54) is 62.6 Å². The lowest BCUT2D eigenvalue weighted by atomic mass is 9.83. The van der Waals surface area contributed by atoms with Gasteiger partial charge in [-0.15, -0.1) is 0 Å². The average Bonchev–Trinajstić information content (AvgIpc) is 3.74. The third-order valence-electron chi connectivity index (χ3n) is 9.25. The first kappa shape index (κ1) is 28.3. The molecule has 2 aliphatic carbocycles. The first-order valence-electron chi connectivity index (χ1n) is 14.9. The Kier molecular flexibility index (Phi) is 7.67. The minimum atomic E-state index is -3.59. The van der Waals surface area contributed by atoms with Crippen molar-refractivity contribution in [3.05, 3.63) is 48.3 Å². The van der Waals surface area contributed by atoms with Crippen LogP contribution in [0.4, 0.5) is 14.9 Å². The highest BCUT2D eigenvalue weighted by atomic mass is 32.2. The van der Waals surface area contributed by atoms with Gasteiger partial charge < -0.3 is 10.2 Å². The van der Waals surface area contributed by atoms with Crippen molar-refractivity contribution in [3.8, 4) is 11.1 Å².